The van der Waals surface area contributed by atoms with Gasteiger partial charge in [-0.25, -0.2) is 0 Å². The fourth-order valence-electron chi connectivity index (χ4n) is 3.69. The van der Waals surface area contributed by atoms with Crippen molar-refractivity contribution in [2.45, 2.75) is 19.3 Å². The van der Waals surface area contributed by atoms with Crippen LogP contribution in [0, 0.1) is 17.2 Å². The molecule has 5 heteroatoms. The van der Waals surface area contributed by atoms with Crippen LogP contribution in [-0.4, -0.2) is 25.5 Å². The number of carbonyl (C=O) groups is 1. The van der Waals surface area contributed by atoms with Crippen LogP contribution in [0.1, 0.15) is 25.0 Å². The zero-order chi connectivity index (χ0) is 16.9. The van der Waals surface area contributed by atoms with E-state index >= 15 is 0 Å². The minimum absolute atomic E-state index is 0.140. The summed E-state index contributed by atoms with van der Waals surface area (Å²) in [6.07, 6.45) is 0. The summed E-state index contributed by atoms with van der Waals surface area (Å²) in [5.74, 6) is 0.614. The molecule has 0 bridgehead atoms. The number of thiophene rings is 1. The summed E-state index contributed by atoms with van der Waals surface area (Å²) in [6.45, 7) is 6.63. The van der Waals surface area contributed by atoms with Crippen molar-refractivity contribution in [1.29, 1.82) is 5.26 Å². The van der Waals surface area contributed by atoms with Gasteiger partial charge in [0.05, 0.1) is 17.0 Å². The highest BCUT2D eigenvalue weighted by Gasteiger charge is 2.45. The maximum atomic E-state index is 12.9. The third-order valence-corrected chi connectivity index (χ3v) is 5.81. The predicted molar refractivity (Wildman–Crippen MR) is 96.6 cm³/mol. The molecule has 1 saturated heterocycles. The summed E-state index contributed by atoms with van der Waals surface area (Å²) < 4.78 is 0. The monoisotopic (exact) mass is 337 g/mol. The van der Waals surface area contributed by atoms with Crippen molar-refractivity contribution in [3.8, 4) is 6.07 Å². The molecule has 2 aromatic rings. The number of carbonyl (C=O) groups excluding carboxylic acids is 1. The number of benzene rings is 1. The SMILES string of the molecule is CC1(C)C(=O)N(CC2CN(c3ccsc3)C2)c2cc(C#N)ccc21. The lowest BCUT2D eigenvalue weighted by Crippen LogP contribution is -2.52. The molecule has 0 radical (unpaired) electrons. The zero-order valence-corrected chi connectivity index (χ0v) is 14.6. The number of hydrogen-bond acceptors (Lipinski definition) is 4. The second-order valence-electron chi connectivity index (χ2n) is 7.14. The summed E-state index contributed by atoms with van der Waals surface area (Å²) in [5.41, 5.74) is 3.31. The van der Waals surface area contributed by atoms with E-state index in [-0.39, 0.29) is 5.91 Å². The van der Waals surface area contributed by atoms with Gasteiger partial charge in [-0.05, 0) is 43.0 Å². The number of nitrogens with zero attached hydrogens (tertiary/aromatic N) is 3. The predicted octanol–water partition coefficient (Wildman–Crippen LogP) is 3.38. The second-order valence-corrected chi connectivity index (χ2v) is 7.92. The zero-order valence-electron chi connectivity index (χ0n) is 13.8. The van der Waals surface area contributed by atoms with Gasteiger partial charge in [0.15, 0.2) is 0 Å². The Morgan fingerprint density at radius 3 is 2.79 bits per heavy atom. The first-order valence-corrected chi connectivity index (χ1v) is 9.08. The van der Waals surface area contributed by atoms with Crippen LogP contribution in [0.15, 0.2) is 35.0 Å². The van der Waals surface area contributed by atoms with Crippen LogP contribution in [0.5, 0.6) is 0 Å². The highest BCUT2D eigenvalue weighted by molar-refractivity contribution is 7.08. The minimum atomic E-state index is -0.514. The average Bonchev–Trinajstić information content (AvgIpc) is 3.11. The van der Waals surface area contributed by atoms with Crippen LogP contribution >= 0.6 is 11.3 Å². The van der Waals surface area contributed by atoms with E-state index < -0.39 is 5.41 Å². The minimum Gasteiger partial charge on any atom is -0.370 e. The average molecular weight is 337 g/mol. The van der Waals surface area contributed by atoms with Gasteiger partial charge < -0.3 is 9.80 Å². The molecule has 4 nitrogen and oxygen atoms in total. The Hall–Kier alpha value is -2.32. The third kappa shape index (κ3) is 2.22. The molecule has 122 valence electrons. The Morgan fingerprint density at radius 2 is 2.12 bits per heavy atom. The normalized spacial score (nSPS) is 19.1. The molecule has 4 rings (SSSR count). The Labute approximate surface area is 145 Å². The molecule has 0 spiro atoms. The maximum Gasteiger partial charge on any atom is 0.237 e. The molecule has 3 heterocycles. The van der Waals surface area contributed by atoms with Gasteiger partial charge in [0.1, 0.15) is 0 Å². The molecule has 0 aliphatic carbocycles. The van der Waals surface area contributed by atoms with Gasteiger partial charge in [-0.15, -0.1) is 0 Å². The lowest BCUT2D eigenvalue weighted by Gasteiger charge is -2.42. The molecular weight excluding hydrogens is 318 g/mol. The van der Waals surface area contributed by atoms with Crippen LogP contribution in [0.4, 0.5) is 11.4 Å². The summed E-state index contributed by atoms with van der Waals surface area (Å²) >= 11 is 1.71. The van der Waals surface area contributed by atoms with E-state index in [1.165, 1.54) is 5.69 Å². The van der Waals surface area contributed by atoms with Gasteiger partial charge in [0.25, 0.3) is 0 Å². The van der Waals surface area contributed by atoms with E-state index in [1.54, 1.807) is 17.4 Å². The first-order chi connectivity index (χ1) is 11.5. The number of amides is 1. The molecule has 1 aromatic heterocycles. The Morgan fingerprint density at radius 1 is 1.33 bits per heavy atom. The summed E-state index contributed by atoms with van der Waals surface area (Å²) in [7, 11) is 0. The molecular formula is C19H19N3OS. The summed E-state index contributed by atoms with van der Waals surface area (Å²) in [6, 6.07) is 9.92. The van der Waals surface area contributed by atoms with Gasteiger partial charge in [0, 0.05) is 42.3 Å². The number of hydrogen-bond donors (Lipinski definition) is 0. The fraction of sp³-hybridized carbons (Fsp3) is 0.368. The topological polar surface area (TPSA) is 47.3 Å². The van der Waals surface area contributed by atoms with Crippen LogP contribution < -0.4 is 9.80 Å². The van der Waals surface area contributed by atoms with Crippen LogP contribution in [0.25, 0.3) is 0 Å². The Kier molecular flexibility index (Phi) is 3.40. The van der Waals surface area contributed by atoms with Crippen LogP contribution in [0.3, 0.4) is 0 Å². The van der Waals surface area contributed by atoms with Crippen molar-refractivity contribution in [2.24, 2.45) is 5.92 Å². The molecule has 0 unspecified atom stereocenters. The molecule has 0 saturated carbocycles. The number of fused-ring (bicyclic) bond motifs is 1. The molecule has 1 amide bonds. The summed E-state index contributed by atoms with van der Waals surface area (Å²) in [4.78, 5) is 17.1. The van der Waals surface area contributed by atoms with E-state index in [9.17, 15) is 10.1 Å². The van der Waals surface area contributed by atoms with E-state index in [1.807, 2.05) is 30.9 Å². The quantitative estimate of drug-likeness (QED) is 0.862. The standard InChI is InChI=1S/C19H19N3OS/c1-19(2)16-4-3-13(8-20)7-17(16)22(18(19)23)11-14-9-21(10-14)15-5-6-24-12-15/h3-7,12,14H,9-11H2,1-2H3. The van der Waals surface area contributed by atoms with E-state index in [0.29, 0.717) is 11.5 Å². The molecule has 1 aromatic carbocycles. The molecule has 24 heavy (non-hydrogen) atoms. The van der Waals surface area contributed by atoms with Crippen molar-refractivity contribution in [3.05, 3.63) is 46.2 Å². The van der Waals surface area contributed by atoms with Gasteiger partial charge in [-0.3, -0.25) is 4.79 Å². The highest BCUT2D eigenvalue weighted by Crippen LogP contribution is 2.43. The van der Waals surface area contributed by atoms with Crippen LogP contribution in [0.2, 0.25) is 0 Å². The maximum absolute atomic E-state index is 12.9. The smallest absolute Gasteiger partial charge is 0.237 e. The molecule has 1 fully saturated rings. The Bertz CT molecular complexity index is 829. The largest absolute Gasteiger partial charge is 0.370 e. The molecule has 2 aliphatic rings. The molecule has 2 aliphatic heterocycles. The Balaban J connectivity index is 1.54. The highest BCUT2D eigenvalue weighted by atomic mass is 32.1. The summed E-state index contributed by atoms with van der Waals surface area (Å²) in [5, 5.41) is 13.4. The van der Waals surface area contributed by atoms with Crippen LogP contribution in [-0.2, 0) is 10.2 Å². The molecule has 0 atom stereocenters. The third-order valence-electron chi connectivity index (χ3n) is 5.14. The van der Waals surface area contributed by atoms with E-state index in [0.717, 1.165) is 30.9 Å². The number of anilines is 2. The lowest BCUT2D eigenvalue weighted by atomic mass is 9.86. The second kappa shape index (κ2) is 5.35. The molecule has 0 N–H and O–H groups in total. The first-order valence-electron chi connectivity index (χ1n) is 8.14. The van der Waals surface area contributed by atoms with E-state index in [4.69, 9.17) is 0 Å². The van der Waals surface area contributed by atoms with Gasteiger partial charge in [0.2, 0.25) is 5.91 Å². The van der Waals surface area contributed by atoms with Crippen molar-refractivity contribution in [1.82, 2.24) is 0 Å². The van der Waals surface area contributed by atoms with Crippen molar-refractivity contribution in [3.63, 3.8) is 0 Å². The van der Waals surface area contributed by atoms with Crippen molar-refractivity contribution < 1.29 is 4.79 Å². The number of rotatable bonds is 3. The fourth-order valence-corrected chi connectivity index (χ4v) is 4.35. The first kappa shape index (κ1) is 15.2. The van der Waals surface area contributed by atoms with Crippen molar-refractivity contribution >= 4 is 28.6 Å². The lowest BCUT2D eigenvalue weighted by molar-refractivity contribution is -0.122. The van der Waals surface area contributed by atoms with Crippen molar-refractivity contribution in [2.75, 3.05) is 29.4 Å². The van der Waals surface area contributed by atoms with Gasteiger partial charge in [-0.1, -0.05) is 6.07 Å². The number of nitriles is 1. The van der Waals surface area contributed by atoms with E-state index in [2.05, 4.69) is 27.8 Å². The van der Waals surface area contributed by atoms with Gasteiger partial charge in [-0.2, -0.15) is 16.6 Å². The van der Waals surface area contributed by atoms with Gasteiger partial charge >= 0.3 is 0 Å².